The van der Waals surface area contributed by atoms with E-state index in [9.17, 15) is 0 Å². The van der Waals surface area contributed by atoms with Crippen LogP contribution in [-0.2, 0) is 18.3 Å². The summed E-state index contributed by atoms with van der Waals surface area (Å²) in [5.41, 5.74) is 0.973. The van der Waals surface area contributed by atoms with Crippen LogP contribution in [0, 0.1) is 0 Å². The molecule has 0 spiro atoms. The molecule has 0 saturated carbocycles. The summed E-state index contributed by atoms with van der Waals surface area (Å²) in [6.07, 6.45) is 2.77. The van der Waals surface area contributed by atoms with E-state index in [-0.39, 0.29) is 6.10 Å². The van der Waals surface area contributed by atoms with Crippen LogP contribution >= 0.6 is 23.2 Å². The van der Waals surface area contributed by atoms with Gasteiger partial charge in [-0.05, 0) is 32.4 Å². The third-order valence-electron chi connectivity index (χ3n) is 4.92. The molecule has 1 aromatic heterocycles. The number of hydrogen-bond acceptors (Lipinski definition) is 3. The van der Waals surface area contributed by atoms with Crippen LogP contribution in [0.15, 0.2) is 11.1 Å². The number of aromatic nitrogens is 1. The van der Waals surface area contributed by atoms with Gasteiger partial charge in [-0.2, -0.15) is 0 Å². The summed E-state index contributed by atoms with van der Waals surface area (Å²) in [6.45, 7) is 7.18. The number of morpholine rings is 1. The van der Waals surface area contributed by atoms with E-state index in [1.54, 1.807) is 0 Å². The summed E-state index contributed by atoms with van der Waals surface area (Å²) in [6, 6.07) is 2.49. The zero-order valence-corrected chi connectivity index (χ0v) is 16.4. The van der Waals surface area contributed by atoms with Gasteiger partial charge in [0.25, 0.3) is 0 Å². The first-order chi connectivity index (χ1) is 12.1. The molecule has 2 aliphatic heterocycles. The first kappa shape index (κ1) is 18.8. The number of nitrogens with zero attached hydrogens (tertiary/aromatic N) is 3. The maximum Gasteiger partial charge on any atom is 0.191 e. The Balaban J connectivity index is 1.54. The minimum atomic E-state index is 0.206. The third kappa shape index (κ3) is 4.61. The van der Waals surface area contributed by atoms with Crippen molar-refractivity contribution in [2.45, 2.75) is 38.5 Å². The van der Waals surface area contributed by atoms with Crippen molar-refractivity contribution in [1.29, 1.82) is 0 Å². The van der Waals surface area contributed by atoms with Crippen LogP contribution in [0.1, 0.15) is 25.5 Å². The molecular formula is C17H27Cl2N5O. The number of aliphatic imine (C=N–C) groups is 1. The zero-order chi connectivity index (χ0) is 17.8. The van der Waals surface area contributed by atoms with Gasteiger partial charge in [0.1, 0.15) is 5.15 Å². The number of nitrogens with one attached hydrogen (secondary N) is 2. The van der Waals surface area contributed by atoms with Gasteiger partial charge in [-0.3, -0.25) is 4.90 Å². The van der Waals surface area contributed by atoms with E-state index in [0.717, 1.165) is 37.9 Å². The Morgan fingerprint density at radius 1 is 1.40 bits per heavy atom. The van der Waals surface area contributed by atoms with Gasteiger partial charge in [-0.1, -0.05) is 23.2 Å². The molecule has 0 aliphatic carbocycles. The van der Waals surface area contributed by atoms with Crippen LogP contribution in [0.4, 0.5) is 0 Å². The van der Waals surface area contributed by atoms with Gasteiger partial charge in [-0.25, -0.2) is 4.99 Å². The molecule has 2 atom stereocenters. The average Bonchev–Trinajstić information content (AvgIpc) is 3.17. The molecule has 140 valence electrons. The predicted molar refractivity (Wildman–Crippen MR) is 103 cm³/mol. The molecule has 3 heterocycles. The molecule has 2 N–H and O–H groups in total. The number of ether oxygens (including phenoxy) is 1. The number of hydrogen-bond donors (Lipinski definition) is 2. The van der Waals surface area contributed by atoms with E-state index in [2.05, 4.69) is 27.4 Å². The molecule has 0 amide bonds. The van der Waals surface area contributed by atoms with Crippen molar-refractivity contribution in [3.8, 4) is 0 Å². The van der Waals surface area contributed by atoms with Crippen molar-refractivity contribution in [3.05, 3.63) is 21.9 Å². The van der Waals surface area contributed by atoms with E-state index in [4.69, 9.17) is 27.9 Å². The smallest absolute Gasteiger partial charge is 0.191 e. The summed E-state index contributed by atoms with van der Waals surface area (Å²) in [4.78, 5) is 7.19. The van der Waals surface area contributed by atoms with Crippen molar-refractivity contribution in [2.24, 2.45) is 12.0 Å². The second kappa shape index (κ2) is 8.62. The molecule has 0 aromatic carbocycles. The number of rotatable bonds is 5. The molecule has 1 aromatic rings. The van der Waals surface area contributed by atoms with Crippen molar-refractivity contribution < 1.29 is 4.74 Å². The Morgan fingerprint density at radius 3 is 2.96 bits per heavy atom. The number of guanidine groups is 1. The molecule has 6 nitrogen and oxygen atoms in total. The standard InChI is InChI=1S/C17H27Cl2N5O/c1-3-20-17(21-8-13-7-15(18)16(19)23(13)2)22-9-14-10-24-6-4-5-12(24)11-25-14/h7,12,14H,3-6,8-11H2,1-2H3,(H2,20,21,22). The van der Waals surface area contributed by atoms with Gasteiger partial charge < -0.3 is 19.9 Å². The fourth-order valence-electron chi connectivity index (χ4n) is 3.46. The molecular weight excluding hydrogens is 361 g/mol. The van der Waals surface area contributed by atoms with Crippen molar-refractivity contribution in [2.75, 3.05) is 32.8 Å². The van der Waals surface area contributed by atoms with E-state index in [1.807, 2.05) is 17.7 Å². The maximum absolute atomic E-state index is 6.11. The molecule has 0 radical (unpaired) electrons. The van der Waals surface area contributed by atoms with E-state index < -0.39 is 0 Å². The number of halogens is 2. The lowest BCUT2D eigenvalue weighted by Gasteiger charge is -2.35. The Labute approximate surface area is 159 Å². The molecule has 3 rings (SSSR count). The van der Waals surface area contributed by atoms with Crippen LogP contribution in [0.2, 0.25) is 10.2 Å². The van der Waals surface area contributed by atoms with Crippen molar-refractivity contribution in [1.82, 2.24) is 20.1 Å². The van der Waals surface area contributed by atoms with Gasteiger partial charge in [-0.15, -0.1) is 0 Å². The largest absolute Gasteiger partial charge is 0.373 e. The number of fused-ring (bicyclic) bond motifs is 1. The minimum Gasteiger partial charge on any atom is -0.373 e. The molecule has 2 saturated heterocycles. The summed E-state index contributed by atoms with van der Waals surface area (Å²) in [5, 5.41) is 7.77. The van der Waals surface area contributed by atoms with Crippen LogP contribution in [0.3, 0.4) is 0 Å². The zero-order valence-electron chi connectivity index (χ0n) is 14.9. The van der Waals surface area contributed by atoms with Crippen LogP contribution in [0.5, 0.6) is 0 Å². The summed E-state index contributed by atoms with van der Waals surface area (Å²) in [5.74, 6) is 0.781. The molecule has 2 fully saturated rings. The van der Waals surface area contributed by atoms with E-state index in [0.29, 0.717) is 22.8 Å². The van der Waals surface area contributed by atoms with Crippen LogP contribution in [-0.4, -0.2) is 60.4 Å². The van der Waals surface area contributed by atoms with Gasteiger partial charge in [0, 0.05) is 38.4 Å². The highest BCUT2D eigenvalue weighted by Crippen LogP contribution is 2.25. The highest BCUT2D eigenvalue weighted by atomic mass is 35.5. The van der Waals surface area contributed by atoms with Gasteiger partial charge in [0.15, 0.2) is 5.96 Å². The summed E-state index contributed by atoms with van der Waals surface area (Å²) >= 11 is 12.2. The van der Waals surface area contributed by atoms with E-state index >= 15 is 0 Å². The summed E-state index contributed by atoms with van der Waals surface area (Å²) in [7, 11) is 1.89. The fraction of sp³-hybridized carbons (Fsp3) is 0.706. The Morgan fingerprint density at radius 2 is 2.24 bits per heavy atom. The highest BCUT2D eigenvalue weighted by molar-refractivity contribution is 6.41. The normalized spacial score (nSPS) is 24.4. The maximum atomic E-state index is 6.11. The lowest BCUT2D eigenvalue weighted by atomic mass is 10.2. The molecule has 8 heteroatoms. The lowest BCUT2D eigenvalue weighted by Crippen LogP contribution is -2.51. The van der Waals surface area contributed by atoms with Gasteiger partial charge in [0.05, 0.1) is 24.3 Å². The fourth-order valence-corrected chi connectivity index (χ4v) is 3.88. The van der Waals surface area contributed by atoms with E-state index in [1.165, 1.54) is 19.4 Å². The predicted octanol–water partition coefficient (Wildman–Crippen LogP) is 2.25. The third-order valence-corrected chi connectivity index (χ3v) is 5.76. The minimum absolute atomic E-state index is 0.206. The molecule has 2 aliphatic rings. The second-order valence-corrected chi connectivity index (χ2v) is 7.42. The monoisotopic (exact) mass is 387 g/mol. The first-order valence-corrected chi connectivity index (χ1v) is 9.71. The average molecular weight is 388 g/mol. The quantitative estimate of drug-likeness (QED) is 0.600. The molecule has 0 bridgehead atoms. The second-order valence-electron chi connectivity index (χ2n) is 6.66. The Bertz CT molecular complexity index is 618. The Hall–Kier alpha value is -0.950. The summed E-state index contributed by atoms with van der Waals surface area (Å²) < 4.78 is 7.85. The SMILES string of the molecule is CCNC(=NCc1cc(Cl)c(Cl)n1C)NCC1CN2CCCC2CO1. The van der Waals surface area contributed by atoms with Crippen LogP contribution in [0.25, 0.3) is 0 Å². The molecule has 2 unspecified atom stereocenters. The highest BCUT2D eigenvalue weighted by Gasteiger charge is 2.32. The topological polar surface area (TPSA) is 53.8 Å². The van der Waals surface area contributed by atoms with Gasteiger partial charge in [0.2, 0.25) is 0 Å². The van der Waals surface area contributed by atoms with Gasteiger partial charge >= 0.3 is 0 Å². The first-order valence-electron chi connectivity index (χ1n) is 8.96. The molecule has 25 heavy (non-hydrogen) atoms. The lowest BCUT2D eigenvalue weighted by molar-refractivity contribution is -0.0453. The Kier molecular flexibility index (Phi) is 6.49. The van der Waals surface area contributed by atoms with Crippen molar-refractivity contribution in [3.63, 3.8) is 0 Å². The van der Waals surface area contributed by atoms with Crippen molar-refractivity contribution >= 4 is 29.2 Å². The van der Waals surface area contributed by atoms with Crippen LogP contribution < -0.4 is 10.6 Å².